The lowest BCUT2D eigenvalue weighted by atomic mass is 9.83. The Bertz CT molecular complexity index is 1210. The van der Waals surface area contributed by atoms with Crippen LogP contribution in [0.1, 0.15) is 69.2 Å². The highest BCUT2D eigenvalue weighted by atomic mass is 35.5. The van der Waals surface area contributed by atoms with Crippen LogP contribution in [0.2, 0.25) is 10.0 Å². The first kappa shape index (κ1) is 25.3. The maximum absolute atomic E-state index is 13.2. The third-order valence-corrected chi connectivity index (χ3v) is 8.38. The Hall–Kier alpha value is -2.40. The highest BCUT2D eigenvalue weighted by Gasteiger charge is 2.25. The van der Waals surface area contributed by atoms with E-state index in [9.17, 15) is 4.79 Å². The number of benzene rings is 2. The van der Waals surface area contributed by atoms with Gasteiger partial charge in [-0.25, -0.2) is 0 Å². The van der Waals surface area contributed by atoms with Crippen molar-refractivity contribution >= 4 is 29.1 Å². The molecule has 1 atom stereocenters. The number of aromatic nitrogens is 1. The highest BCUT2D eigenvalue weighted by molar-refractivity contribution is 6.42. The molecular formula is C30H33Cl2N3O. The van der Waals surface area contributed by atoms with E-state index in [0.717, 1.165) is 50.8 Å². The van der Waals surface area contributed by atoms with Crippen LogP contribution in [0.3, 0.4) is 0 Å². The molecule has 5 rings (SSSR count). The zero-order valence-corrected chi connectivity index (χ0v) is 22.3. The van der Waals surface area contributed by atoms with Gasteiger partial charge >= 0.3 is 0 Å². The van der Waals surface area contributed by atoms with Crippen molar-refractivity contribution < 1.29 is 4.79 Å². The summed E-state index contributed by atoms with van der Waals surface area (Å²) in [6.45, 7) is 2.50. The average Bonchev–Trinajstić information content (AvgIpc) is 2.91. The number of rotatable bonds is 7. The topological polar surface area (TPSA) is 45.2 Å². The molecule has 1 aromatic heterocycles. The molecule has 1 aliphatic carbocycles. The quantitative estimate of drug-likeness (QED) is 0.391. The van der Waals surface area contributed by atoms with E-state index in [0.29, 0.717) is 22.2 Å². The normalized spacial score (nSPS) is 15.6. The minimum atomic E-state index is 0.0310. The first-order chi connectivity index (χ1) is 17.5. The summed E-state index contributed by atoms with van der Waals surface area (Å²) >= 11 is 12.7. The van der Waals surface area contributed by atoms with Crippen LogP contribution in [-0.4, -0.2) is 35.9 Å². The lowest BCUT2D eigenvalue weighted by molar-refractivity contribution is 0.0785. The molecule has 1 unspecified atom stereocenters. The number of carbonyl (C=O) groups is 1. The molecule has 0 spiro atoms. The van der Waals surface area contributed by atoms with E-state index in [4.69, 9.17) is 28.2 Å². The van der Waals surface area contributed by atoms with E-state index in [1.807, 2.05) is 54.4 Å². The number of nitrogens with zero attached hydrogens (tertiary/aromatic N) is 2. The van der Waals surface area contributed by atoms with Gasteiger partial charge in [0.2, 0.25) is 0 Å². The van der Waals surface area contributed by atoms with E-state index in [2.05, 4.69) is 11.4 Å². The highest BCUT2D eigenvalue weighted by Crippen LogP contribution is 2.34. The smallest absolute Gasteiger partial charge is 0.253 e. The number of carbonyl (C=O) groups excluding carboxylic acids is 1. The molecule has 0 bridgehead atoms. The van der Waals surface area contributed by atoms with Crippen molar-refractivity contribution in [2.45, 2.75) is 57.4 Å². The molecule has 2 aromatic carbocycles. The van der Waals surface area contributed by atoms with Crippen molar-refractivity contribution in [2.24, 2.45) is 0 Å². The van der Waals surface area contributed by atoms with E-state index < -0.39 is 0 Å². The zero-order chi connectivity index (χ0) is 25.1. The van der Waals surface area contributed by atoms with Gasteiger partial charge in [-0.05, 0) is 85.0 Å². The van der Waals surface area contributed by atoms with Crippen molar-refractivity contribution in [3.05, 3.63) is 97.8 Å². The first-order valence-electron chi connectivity index (χ1n) is 13.0. The molecule has 0 radical (unpaired) electrons. The fourth-order valence-corrected chi connectivity index (χ4v) is 6.03. The van der Waals surface area contributed by atoms with Gasteiger partial charge in [-0.2, -0.15) is 0 Å². The standard InChI is InChI=1S/C30H33Cl2N3O/c1-35(30(36)20-7-3-2-4-8-20)19-22(21-12-14-26(31)27(32)17-21)11-13-23-24-9-5-6-10-28(24)34-29-15-16-33-18-25(23)29/h2-4,7-8,12,14,17,22,33H,5-6,9-11,13,15-16,18-19H2,1H3. The van der Waals surface area contributed by atoms with Crippen LogP contribution in [0.15, 0.2) is 48.5 Å². The molecule has 1 aliphatic heterocycles. The molecule has 2 aliphatic rings. The summed E-state index contributed by atoms with van der Waals surface area (Å²) in [4.78, 5) is 20.1. The summed E-state index contributed by atoms with van der Waals surface area (Å²) in [5.41, 5.74) is 8.80. The summed E-state index contributed by atoms with van der Waals surface area (Å²) in [6.07, 6.45) is 7.57. The lowest BCUT2D eigenvalue weighted by Gasteiger charge is -2.29. The van der Waals surface area contributed by atoms with Crippen LogP contribution in [0, 0.1) is 0 Å². The Labute approximate surface area is 224 Å². The third-order valence-electron chi connectivity index (χ3n) is 7.65. The first-order valence-corrected chi connectivity index (χ1v) is 13.8. The van der Waals surface area contributed by atoms with Crippen molar-refractivity contribution in [3.63, 3.8) is 0 Å². The van der Waals surface area contributed by atoms with Gasteiger partial charge in [0.15, 0.2) is 0 Å². The number of amides is 1. The van der Waals surface area contributed by atoms with Gasteiger partial charge in [0.1, 0.15) is 0 Å². The largest absolute Gasteiger partial charge is 0.341 e. The van der Waals surface area contributed by atoms with E-state index in [1.165, 1.54) is 40.9 Å². The summed E-state index contributed by atoms with van der Waals surface area (Å²) < 4.78 is 0. The molecule has 188 valence electrons. The van der Waals surface area contributed by atoms with Gasteiger partial charge < -0.3 is 10.2 Å². The number of aryl methyl sites for hydroxylation is 1. The summed E-state index contributed by atoms with van der Waals surface area (Å²) in [6, 6.07) is 15.4. The Morgan fingerprint density at radius 1 is 1.00 bits per heavy atom. The minimum absolute atomic E-state index is 0.0310. The molecule has 2 heterocycles. The number of nitrogens with one attached hydrogen (secondary N) is 1. The van der Waals surface area contributed by atoms with Gasteiger partial charge in [-0.3, -0.25) is 9.78 Å². The van der Waals surface area contributed by atoms with Crippen LogP contribution in [0.4, 0.5) is 0 Å². The van der Waals surface area contributed by atoms with E-state index in [-0.39, 0.29) is 11.8 Å². The molecule has 6 heteroatoms. The van der Waals surface area contributed by atoms with Crippen molar-refractivity contribution in [1.29, 1.82) is 0 Å². The summed E-state index contributed by atoms with van der Waals surface area (Å²) in [5, 5.41) is 4.67. The Balaban J connectivity index is 1.44. The molecular weight excluding hydrogens is 489 g/mol. The van der Waals surface area contributed by atoms with Crippen LogP contribution < -0.4 is 5.32 Å². The second-order valence-corrected chi connectivity index (χ2v) is 10.8. The molecule has 1 N–H and O–H groups in total. The van der Waals surface area contributed by atoms with Crippen LogP contribution in [-0.2, 0) is 32.2 Å². The van der Waals surface area contributed by atoms with Crippen LogP contribution >= 0.6 is 23.2 Å². The average molecular weight is 523 g/mol. The van der Waals surface area contributed by atoms with Crippen LogP contribution in [0.25, 0.3) is 0 Å². The molecule has 0 saturated heterocycles. The number of pyridine rings is 1. The monoisotopic (exact) mass is 521 g/mol. The van der Waals surface area contributed by atoms with Crippen molar-refractivity contribution in [1.82, 2.24) is 15.2 Å². The molecule has 4 nitrogen and oxygen atoms in total. The number of hydrogen-bond donors (Lipinski definition) is 1. The molecule has 1 amide bonds. The molecule has 0 fully saturated rings. The minimum Gasteiger partial charge on any atom is -0.341 e. The zero-order valence-electron chi connectivity index (χ0n) is 20.8. The Kier molecular flexibility index (Phi) is 7.95. The van der Waals surface area contributed by atoms with Gasteiger partial charge in [0.05, 0.1) is 10.0 Å². The maximum atomic E-state index is 13.2. The number of hydrogen-bond acceptors (Lipinski definition) is 3. The number of fused-ring (bicyclic) bond motifs is 2. The van der Waals surface area contributed by atoms with E-state index in [1.54, 1.807) is 0 Å². The summed E-state index contributed by atoms with van der Waals surface area (Å²) in [7, 11) is 1.89. The predicted molar refractivity (Wildman–Crippen MR) is 147 cm³/mol. The van der Waals surface area contributed by atoms with Crippen molar-refractivity contribution in [3.8, 4) is 0 Å². The maximum Gasteiger partial charge on any atom is 0.253 e. The van der Waals surface area contributed by atoms with Gasteiger partial charge in [0, 0.05) is 56.0 Å². The molecule has 0 saturated carbocycles. The van der Waals surface area contributed by atoms with Crippen LogP contribution in [0.5, 0.6) is 0 Å². The van der Waals surface area contributed by atoms with Gasteiger partial charge in [-0.1, -0.05) is 47.5 Å². The molecule has 36 heavy (non-hydrogen) atoms. The number of halogens is 2. The lowest BCUT2D eigenvalue weighted by Crippen LogP contribution is -2.32. The number of likely N-dealkylation sites (N-methyl/N-ethyl adjacent to an activating group) is 1. The van der Waals surface area contributed by atoms with Gasteiger partial charge in [-0.15, -0.1) is 0 Å². The predicted octanol–water partition coefficient (Wildman–Crippen LogP) is 6.40. The Morgan fingerprint density at radius 2 is 1.78 bits per heavy atom. The Morgan fingerprint density at radius 3 is 2.58 bits per heavy atom. The summed E-state index contributed by atoms with van der Waals surface area (Å²) in [5.74, 6) is 0.167. The fourth-order valence-electron chi connectivity index (χ4n) is 5.72. The fraction of sp³-hybridized carbons (Fsp3) is 0.400. The van der Waals surface area contributed by atoms with Crippen molar-refractivity contribution in [2.75, 3.05) is 20.1 Å². The second-order valence-electron chi connectivity index (χ2n) is 10.0. The molecule has 3 aromatic rings. The van der Waals surface area contributed by atoms with Gasteiger partial charge in [0.25, 0.3) is 5.91 Å². The SMILES string of the molecule is CN(CC(CCc1c2c(nc3c1CNCC3)CCCC2)c1ccc(Cl)c(Cl)c1)C(=O)c1ccccc1. The van der Waals surface area contributed by atoms with E-state index >= 15 is 0 Å². The third kappa shape index (κ3) is 5.46. The second kappa shape index (κ2) is 11.3.